The molecule has 2 aliphatic heterocycles. The zero-order valence-corrected chi connectivity index (χ0v) is 17.7. The third-order valence-electron chi connectivity index (χ3n) is 5.71. The number of ether oxygens (including phenoxy) is 3. The van der Waals surface area contributed by atoms with E-state index in [4.69, 9.17) is 14.2 Å². The third-order valence-corrected chi connectivity index (χ3v) is 5.71. The molecule has 7 heteroatoms. The van der Waals surface area contributed by atoms with E-state index in [2.05, 4.69) is 12.1 Å². The molecule has 0 bridgehead atoms. The van der Waals surface area contributed by atoms with Crippen LogP contribution in [-0.4, -0.2) is 43.3 Å². The van der Waals surface area contributed by atoms with Crippen molar-refractivity contribution in [1.29, 1.82) is 5.26 Å². The van der Waals surface area contributed by atoms with E-state index in [1.807, 2.05) is 24.3 Å². The number of piperidine rings is 1. The molecule has 7 nitrogen and oxygen atoms in total. The van der Waals surface area contributed by atoms with Crippen LogP contribution in [0.25, 0.3) is 6.08 Å². The van der Waals surface area contributed by atoms with Crippen molar-refractivity contribution in [2.24, 2.45) is 5.92 Å². The zero-order chi connectivity index (χ0) is 22.3. The molecular weight excluding hydrogens is 408 g/mol. The summed E-state index contributed by atoms with van der Waals surface area (Å²) in [4.78, 5) is 26.5. The minimum atomic E-state index is -0.822. The maximum Gasteiger partial charge on any atom is 0.349 e. The zero-order valence-electron chi connectivity index (χ0n) is 17.7. The Balaban J connectivity index is 1.26. The number of carbonyl (C=O) groups is 2. The average molecular weight is 432 g/mol. The molecular formula is C25H24N2O5. The smallest absolute Gasteiger partial charge is 0.349 e. The molecule has 2 aromatic carbocycles. The first kappa shape index (κ1) is 21.4. The van der Waals surface area contributed by atoms with Gasteiger partial charge in [-0.25, -0.2) is 4.79 Å². The standard InChI is InChI=1S/C25H24N2O5/c26-15-21(13-20-6-7-22-23(14-20)32-17-31-22)25(29)30-16-24(28)27-10-8-19(9-11-27)12-18-4-2-1-3-5-18/h1-7,13-14,19H,8-12,16-17H2. The minimum Gasteiger partial charge on any atom is -0.454 e. The molecule has 32 heavy (non-hydrogen) atoms. The molecule has 2 aliphatic rings. The van der Waals surface area contributed by atoms with Gasteiger partial charge in [0.05, 0.1) is 0 Å². The first-order chi connectivity index (χ1) is 15.6. The topological polar surface area (TPSA) is 88.9 Å². The molecule has 0 radical (unpaired) electrons. The summed E-state index contributed by atoms with van der Waals surface area (Å²) in [5, 5.41) is 9.35. The van der Waals surface area contributed by atoms with Gasteiger partial charge in [0.15, 0.2) is 18.1 Å². The number of rotatable bonds is 6. The van der Waals surface area contributed by atoms with E-state index in [0.29, 0.717) is 36.1 Å². The second-order valence-electron chi connectivity index (χ2n) is 7.87. The Morgan fingerprint density at radius 1 is 1.09 bits per heavy atom. The van der Waals surface area contributed by atoms with Crippen molar-refractivity contribution >= 4 is 18.0 Å². The Kier molecular flexibility index (Phi) is 6.71. The number of benzene rings is 2. The summed E-state index contributed by atoms with van der Waals surface area (Å²) in [6.45, 7) is 1.06. The lowest BCUT2D eigenvalue weighted by molar-refractivity contribution is -0.149. The third kappa shape index (κ3) is 5.27. The summed E-state index contributed by atoms with van der Waals surface area (Å²) in [6, 6.07) is 17.3. The Labute approximate surface area is 186 Å². The number of nitrogens with zero attached hydrogens (tertiary/aromatic N) is 2. The molecule has 0 spiro atoms. The second-order valence-corrected chi connectivity index (χ2v) is 7.87. The van der Waals surface area contributed by atoms with E-state index in [-0.39, 0.29) is 24.9 Å². The first-order valence-electron chi connectivity index (χ1n) is 10.6. The summed E-state index contributed by atoms with van der Waals surface area (Å²) in [5.41, 5.74) is 1.73. The summed E-state index contributed by atoms with van der Waals surface area (Å²) in [5.74, 6) is 0.643. The van der Waals surface area contributed by atoms with E-state index in [9.17, 15) is 14.9 Å². The van der Waals surface area contributed by atoms with Gasteiger partial charge >= 0.3 is 5.97 Å². The van der Waals surface area contributed by atoms with Crippen LogP contribution in [0, 0.1) is 17.2 Å². The average Bonchev–Trinajstić information content (AvgIpc) is 3.30. The van der Waals surface area contributed by atoms with Crippen molar-refractivity contribution < 1.29 is 23.8 Å². The number of hydrogen-bond donors (Lipinski definition) is 0. The minimum absolute atomic E-state index is 0.140. The molecule has 0 N–H and O–H groups in total. The van der Waals surface area contributed by atoms with Gasteiger partial charge in [-0.1, -0.05) is 36.4 Å². The quantitative estimate of drug-likeness (QED) is 0.395. The number of amides is 1. The predicted molar refractivity (Wildman–Crippen MR) is 117 cm³/mol. The number of likely N-dealkylation sites (tertiary alicyclic amines) is 1. The summed E-state index contributed by atoms with van der Waals surface area (Å²) in [7, 11) is 0. The van der Waals surface area contributed by atoms with Crippen LogP contribution in [0.3, 0.4) is 0 Å². The van der Waals surface area contributed by atoms with Gasteiger partial charge in [0.2, 0.25) is 6.79 Å². The number of fused-ring (bicyclic) bond motifs is 1. The van der Waals surface area contributed by atoms with Gasteiger partial charge in [0.25, 0.3) is 5.91 Å². The molecule has 164 valence electrons. The van der Waals surface area contributed by atoms with Crippen LogP contribution in [0.15, 0.2) is 54.1 Å². The van der Waals surface area contributed by atoms with Crippen molar-refractivity contribution in [3.8, 4) is 17.6 Å². The van der Waals surface area contributed by atoms with Crippen molar-refractivity contribution in [1.82, 2.24) is 4.90 Å². The monoisotopic (exact) mass is 432 g/mol. The molecule has 0 unspecified atom stereocenters. The van der Waals surface area contributed by atoms with E-state index < -0.39 is 5.97 Å². The maximum absolute atomic E-state index is 12.5. The highest BCUT2D eigenvalue weighted by Gasteiger charge is 2.24. The number of hydrogen-bond acceptors (Lipinski definition) is 6. The second kappa shape index (κ2) is 10.0. The fourth-order valence-corrected chi connectivity index (χ4v) is 3.94. The van der Waals surface area contributed by atoms with Gasteiger partial charge in [-0.2, -0.15) is 5.26 Å². The van der Waals surface area contributed by atoms with E-state index in [1.54, 1.807) is 23.1 Å². The van der Waals surface area contributed by atoms with Gasteiger partial charge < -0.3 is 19.1 Å². The molecule has 4 rings (SSSR count). The molecule has 1 amide bonds. The molecule has 2 aromatic rings. The molecule has 1 saturated heterocycles. The van der Waals surface area contributed by atoms with Crippen molar-refractivity contribution in [2.75, 3.05) is 26.5 Å². The Hall–Kier alpha value is -3.79. The van der Waals surface area contributed by atoms with E-state index in [0.717, 1.165) is 19.3 Å². The SMILES string of the molecule is N#CC(=Cc1ccc2c(c1)OCO2)C(=O)OCC(=O)N1CCC(Cc2ccccc2)CC1. The highest BCUT2D eigenvalue weighted by Crippen LogP contribution is 2.33. The lowest BCUT2D eigenvalue weighted by atomic mass is 9.90. The van der Waals surface area contributed by atoms with Crippen LogP contribution in [0.1, 0.15) is 24.0 Å². The summed E-state index contributed by atoms with van der Waals surface area (Å²) < 4.78 is 15.7. The van der Waals surface area contributed by atoms with Gasteiger partial charge in [-0.3, -0.25) is 4.79 Å². The number of carbonyl (C=O) groups excluding carboxylic acids is 2. The van der Waals surface area contributed by atoms with Gasteiger partial charge in [-0.15, -0.1) is 0 Å². The van der Waals surface area contributed by atoms with Gasteiger partial charge in [-0.05, 0) is 54.5 Å². The molecule has 0 aromatic heterocycles. The number of esters is 1. The predicted octanol–water partition coefficient (Wildman–Crippen LogP) is 3.35. The fourth-order valence-electron chi connectivity index (χ4n) is 3.94. The van der Waals surface area contributed by atoms with E-state index >= 15 is 0 Å². The first-order valence-corrected chi connectivity index (χ1v) is 10.6. The highest BCUT2D eigenvalue weighted by atomic mass is 16.7. The normalized spacial score (nSPS) is 15.8. The highest BCUT2D eigenvalue weighted by molar-refractivity contribution is 5.98. The molecule has 2 heterocycles. The van der Waals surface area contributed by atoms with Crippen LogP contribution in [0.4, 0.5) is 0 Å². The molecule has 0 saturated carbocycles. The Bertz CT molecular complexity index is 1050. The van der Waals surface area contributed by atoms with Crippen LogP contribution >= 0.6 is 0 Å². The van der Waals surface area contributed by atoms with Crippen molar-refractivity contribution in [3.05, 3.63) is 65.2 Å². The maximum atomic E-state index is 12.5. The Morgan fingerprint density at radius 3 is 2.59 bits per heavy atom. The molecule has 1 fully saturated rings. The van der Waals surface area contributed by atoms with Crippen LogP contribution in [-0.2, 0) is 20.7 Å². The van der Waals surface area contributed by atoms with Gasteiger partial charge in [0, 0.05) is 13.1 Å². The van der Waals surface area contributed by atoms with Crippen molar-refractivity contribution in [3.63, 3.8) is 0 Å². The molecule has 0 atom stereocenters. The van der Waals surface area contributed by atoms with Gasteiger partial charge in [0.1, 0.15) is 11.6 Å². The lowest BCUT2D eigenvalue weighted by Gasteiger charge is -2.32. The largest absolute Gasteiger partial charge is 0.454 e. The van der Waals surface area contributed by atoms with Crippen LogP contribution < -0.4 is 9.47 Å². The van der Waals surface area contributed by atoms with E-state index in [1.165, 1.54) is 11.6 Å². The number of nitriles is 1. The van der Waals surface area contributed by atoms with Crippen LogP contribution in [0.5, 0.6) is 11.5 Å². The van der Waals surface area contributed by atoms with Crippen molar-refractivity contribution in [2.45, 2.75) is 19.3 Å². The lowest BCUT2D eigenvalue weighted by Crippen LogP contribution is -2.41. The van der Waals surface area contributed by atoms with Crippen LogP contribution in [0.2, 0.25) is 0 Å². The molecule has 0 aliphatic carbocycles. The Morgan fingerprint density at radius 2 is 1.84 bits per heavy atom. The summed E-state index contributed by atoms with van der Waals surface area (Å²) >= 11 is 0. The summed E-state index contributed by atoms with van der Waals surface area (Å²) in [6.07, 6.45) is 4.25. The fraction of sp³-hybridized carbons (Fsp3) is 0.320.